The van der Waals surface area contributed by atoms with Crippen LogP contribution < -0.4 is 0 Å². The van der Waals surface area contributed by atoms with Crippen LogP contribution in [0.3, 0.4) is 0 Å². The molecule has 3 rings (SSSR count). The van der Waals surface area contributed by atoms with Crippen molar-refractivity contribution < 1.29 is 14.2 Å². The fourth-order valence-corrected chi connectivity index (χ4v) is 3.47. The van der Waals surface area contributed by atoms with Crippen molar-refractivity contribution >= 4 is 0 Å². The Morgan fingerprint density at radius 2 is 2.07 bits per heavy atom. The third-order valence-electron chi connectivity index (χ3n) is 5.14. The summed E-state index contributed by atoms with van der Waals surface area (Å²) in [6.45, 7) is 1.83. The highest BCUT2D eigenvalue weighted by atomic mass is 19.2. The smallest absolute Gasteiger partial charge is 0.264 e. The van der Waals surface area contributed by atoms with Crippen LogP contribution >= 0.6 is 0 Å². The summed E-state index contributed by atoms with van der Waals surface area (Å²) in [6.07, 6.45) is 7.89. The minimum Gasteiger partial charge on any atom is -0.390 e. The van der Waals surface area contributed by atoms with Gasteiger partial charge in [0, 0.05) is 18.3 Å². The summed E-state index contributed by atoms with van der Waals surface area (Å²) >= 11 is 0. The first-order valence-electron chi connectivity index (χ1n) is 9.86. The molecule has 4 atom stereocenters. The second-order valence-electron chi connectivity index (χ2n) is 7.16. The molecule has 0 amide bonds. The molecule has 0 saturated carbocycles. The number of rotatable bonds is 8. The molecule has 1 aliphatic rings. The monoisotopic (exact) mass is 392 g/mol. The van der Waals surface area contributed by atoms with Crippen LogP contribution in [0.5, 0.6) is 0 Å². The maximum atomic E-state index is 15.6. The minimum absolute atomic E-state index is 0.0910. The number of aryl methyl sites for hydroxylation is 1. The van der Waals surface area contributed by atoms with Crippen LogP contribution in [0.4, 0.5) is 4.39 Å². The maximum absolute atomic E-state index is 15.6. The predicted octanol–water partition coefficient (Wildman–Crippen LogP) is 4.64. The zero-order chi connectivity index (χ0) is 20.7. The summed E-state index contributed by atoms with van der Waals surface area (Å²) < 4.78 is 21.2. The molecule has 0 aliphatic heterocycles. The number of aliphatic hydroxyl groups excluding tert-OH is 1. The highest BCUT2D eigenvalue weighted by Crippen LogP contribution is 2.36. The molecule has 29 heavy (non-hydrogen) atoms. The van der Waals surface area contributed by atoms with Gasteiger partial charge in [0.1, 0.15) is 6.07 Å². The van der Waals surface area contributed by atoms with Gasteiger partial charge in [-0.05, 0) is 42.5 Å². The lowest BCUT2D eigenvalue weighted by Gasteiger charge is -2.32. The van der Waals surface area contributed by atoms with Crippen LogP contribution in [0.25, 0.3) is 0 Å². The van der Waals surface area contributed by atoms with E-state index in [1.165, 1.54) is 6.08 Å². The van der Waals surface area contributed by atoms with E-state index in [-0.39, 0.29) is 11.5 Å². The molecule has 0 bridgehead atoms. The number of benzene rings is 1. The van der Waals surface area contributed by atoms with Crippen molar-refractivity contribution in [2.24, 2.45) is 0 Å². The second kappa shape index (κ2) is 9.60. The van der Waals surface area contributed by atoms with Crippen LogP contribution in [0.2, 0.25) is 0 Å². The molecule has 0 fully saturated rings. The lowest BCUT2D eigenvalue weighted by molar-refractivity contribution is -0.154. The van der Waals surface area contributed by atoms with Crippen LogP contribution in [0.1, 0.15) is 36.8 Å². The van der Waals surface area contributed by atoms with Crippen LogP contribution in [-0.4, -0.2) is 28.2 Å². The van der Waals surface area contributed by atoms with Crippen LogP contribution in [0.15, 0.2) is 78.7 Å². The number of hydrogen-bond acceptors (Lipinski definition) is 4. The molecule has 0 radical (unpaired) electrons. The molecule has 1 N–H and O–H groups in total. The van der Waals surface area contributed by atoms with Crippen molar-refractivity contribution in [1.82, 2.24) is 4.98 Å². The number of aliphatic hydroxyl groups is 1. The summed E-state index contributed by atoms with van der Waals surface area (Å²) in [7, 11) is 0. The number of aromatic nitrogens is 1. The zero-order valence-corrected chi connectivity index (χ0v) is 16.4. The summed E-state index contributed by atoms with van der Waals surface area (Å²) in [5, 5.41) is 20.1. The van der Waals surface area contributed by atoms with Gasteiger partial charge in [0.05, 0.1) is 17.8 Å². The third-order valence-corrected chi connectivity index (χ3v) is 5.14. The van der Waals surface area contributed by atoms with Crippen molar-refractivity contribution in [2.45, 2.75) is 50.2 Å². The highest BCUT2D eigenvalue weighted by Gasteiger charge is 2.40. The van der Waals surface area contributed by atoms with Crippen molar-refractivity contribution in [3.63, 3.8) is 0 Å². The van der Waals surface area contributed by atoms with Crippen molar-refractivity contribution in [3.05, 3.63) is 89.8 Å². The molecule has 0 spiro atoms. The first kappa shape index (κ1) is 20.9. The molecule has 1 heterocycles. The second-order valence-corrected chi connectivity index (χ2v) is 7.16. The van der Waals surface area contributed by atoms with Crippen LogP contribution in [-0.2, 0) is 11.2 Å². The fourth-order valence-electron chi connectivity index (χ4n) is 3.47. The van der Waals surface area contributed by atoms with Gasteiger partial charge in [-0.2, -0.15) is 5.26 Å². The quantitative estimate of drug-likeness (QED) is 0.665. The van der Waals surface area contributed by atoms with Gasteiger partial charge in [0.25, 0.3) is 5.85 Å². The van der Waals surface area contributed by atoms with Gasteiger partial charge < -0.3 is 9.84 Å². The van der Waals surface area contributed by atoms with Gasteiger partial charge in [0.2, 0.25) is 0 Å². The van der Waals surface area contributed by atoms with Gasteiger partial charge in [-0.1, -0.05) is 55.5 Å². The number of nitriles is 1. The van der Waals surface area contributed by atoms with E-state index in [9.17, 15) is 10.4 Å². The first-order valence-corrected chi connectivity index (χ1v) is 9.86. The third kappa shape index (κ3) is 5.17. The number of halogens is 1. The van der Waals surface area contributed by atoms with Crippen molar-refractivity contribution in [1.29, 1.82) is 5.26 Å². The van der Waals surface area contributed by atoms with Crippen molar-refractivity contribution in [2.75, 3.05) is 0 Å². The van der Waals surface area contributed by atoms with E-state index >= 15 is 4.39 Å². The molecule has 4 nitrogen and oxygen atoms in total. The molecule has 3 unspecified atom stereocenters. The zero-order valence-electron chi connectivity index (χ0n) is 16.4. The van der Waals surface area contributed by atoms with Gasteiger partial charge >= 0.3 is 0 Å². The lowest BCUT2D eigenvalue weighted by Crippen LogP contribution is -2.39. The van der Waals surface area contributed by atoms with E-state index in [2.05, 4.69) is 4.98 Å². The van der Waals surface area contributed by atoms with Gasteiger partial charge in [-0.3, -0.25) is 4.98 Å². The van der Waals surface area contributed by atoms with E-state index in [4.69, 9.17) is 4.74 Å². The van der Waals surface area contributed by atoms with Gasteiger partial charge in [-0.15, -0.1) is 0 Å². The number of pyridine rings is 1. The summed E-state index contributed by atoms with van der Waals surface area (Å²) in [6, 6.07) is 15.3. The SMILES string of the molecule is CCC(OC1(F)C=C[C@H](c2ccccc2)C=C1C#N)C(O)CCc1cccnc1. The van der Waals surface area contributed by atoms with Crippen molar-refractivity contribution in [3.8, 4) is 6.07 Å². The Bertz CT molecular complexity index is 892. The largest absolute Gasteiger partial charge is 0.390 e. The average Bonchev–Trinajstić information content (AvgIpc) is 2.77. The number of nitrogens with zero attached hydrogens (tertiary/aromatic N) is 2. The molecular weight excluding hydrogens is 367 g/mol. The molecule has 0 saturated heterocycles. The van der Waals surface area contributed by atoms with E-state index in [0.29, 0.717) is 19.3 Å². The number of allylic oxidation sites excluding steroid dienone is 2. The van der Waals surface area contributed by atoms with E-state index in [1.54, 1.807) is 24.5 Å². The highest BCUT2D eigenvalue weighted by molar-refractivity contribution is 5.44. The summed E-state index contributed by atoms with van der Waals surface area (Å²) in [5.74, 6) is -2.52. The normalized spacial score (nSPS) is 23.1. The minimum atomic E-state index is -2.34. The predicted molar refractivity (Wildman–Crippen MR) is 110 cm³/mol. The Morgan fingerprint density at radius 1 is 1.28 bits per heavy atom. The van der Waals surface area contributed by atoms with Gasteiger partial charge in [0.15, 0.2) is 0 Å². The Kier molecular flexibility index (Phi) is 6.92. The Balaban J connectivity index is 1.69. The average molecular weight is 392 g/mol. The van der Waals surface area contributed by atoms with E-state index in [0.717, 1.165) is 11.1 Å². The molecule has 1 aromatic heterocycles. The number of alkyl halides is 1. The topological polar surface area (TPSA) is 66.1 Å². The fraction of sp³-hybridized carbons (Fsp3) is 0.333. The molecule has 1 aliphatic carbocycles. The first-order chi connectivity index (χ1) is 14.1. The molecule has 5 heteroatoms. The Labute approximate surface area is 171 Å². The van der Waals surface area contributed by atoms with E-state index < -0.39 is 18.1 Å². The number of hydrogen-bond donors (Lipinski definition) is 1. The van der Waals surface area contributed by atoms with Gasteiger partial charge in [-0.25, -0.2) is 4.39 Å². The molecule has 2 aromatic rings. The Morgan fingerprint density at radius 3 is 2.72 bits per heavy atom. The molecule has 1 aromatic carbocycles. The number of ether oxygens (including phenoxy) is 1. The maximum Gasteiger partial charge on any atom is 0.264 e. The lowest BCUT2D eigenvalue weighted by atomic mass is 9.89. The standard InChI is InChI=1S/C24H25FN2O2/c1-2-23(22(28)11-10-18-7-6-14-27-17-18)29-24(25)13-12-20(15-21(24)16-26)19-8-4-3-5-9-19/h3-9,12-15,17,20,22-23,28H,2,10-11H2,1H3/t20-,22?,23?,24?/m0/s1. The summed E-state index contributed by atoms with van der Waals surface area (Å²) in [4.78, 5) is 4.06. The molecular formula is C24H25FN2O2. The van der Waals surface area contributed by atoms with Crippen LogP contribution in [0, 0.1) is 11.3 Å². The van der Waals surface area contributed by atoms with E-state index in [1.807, 2.05) is 55.5 Å². The summed E-state index contributed by atoms with van der Waals surface area (Å²) in [5.41, 5.74) is 1.88. The molecule has 150 valence electrons. The Hall–Kier alpha value is -2.81.